The number of fused-ring (bicyclic) bond motifs is 2. The zero-order valence-electron chi connectivity index (χ0n) is 14.1. The van der Waals surface area contributed by atoms with Crippen molar-refractivity contribution in [3.8, 4) is 17.9 Å². The highest BCUT2D eigenvalue weighted by molar-refractivity contribution is 7.98. The number of carbonyl (C=O) groups excluding carboxylic acids is 1. The molecule has 6 heteroatoms. The lowest BCUT2D eigenvalue weighted by molar-refractivity contribution is -0.137. The summed E-state index contributed by atoms with van der Waals surface area (Å²) in [5.41, 5.74) is 1.63. The van der Waals surface area contributed by atoms with Crippen molar-refractivity contribution >= 4 is 34.8 Å². The summed E-state index contributed by atoms with van der Waals surface area (Å²) < 4.78 is 10.2. The minimum absolute atomic E-state index is 0.131. The van der Waals surface area contributed by atoms with Gasteiger partial charge in [-0.2, -0.15) is 17.0 Å². The predicted molar refractivity (Wildman–Crippen MR) is 100 cm³/mol. The first kappa shape index (κ1) is 17.8. The largest absolute Gasteiger partial charge is 0.462 e. The van der Waals surface area contributed by atoms with Crippen molar-refractivity contribution in [3.63, 3.8) is 0 Å². The van der Waals surface area contributed by atoms with Crippen LogP contribution in [0.3, 0.4) is 0 Å². The van der Waals surface area contributed by atoms with Crippen molar-refractivity contribution in [2.24, 2.45) is 0 Å². The van der Waals surface area contributed by atoms with Gasteiger partial charge in [-0.05, 0) is 36.8 Å². The van der Waals surface area contributed by atoms with E-state index in [2.05, 4.69) is 11.8 Å². The monoisotopic (exact) mass is 365 g/mol. The second-order valence-corrected chi connectivity index (χ2v) is 6.64. The van der Waals surface area contributed by atoms with Gasteiger partial charge in [0.15, 0.2) is 0 Å². The number of nitriles is 1. The SMILES string of the molecule is CCOC(=O)C(C#N)=Cc1cc2cc3c(cc2oc1=O)C#CCCSC3. The molecule has 5 nitrogen and oxygen atoms in total. The van der Waals surface area contributed by atoms with Gasteiger partial charge in [-0.15, -0.1) is 0 Å². The molecule has 0 unspecified atom stereocenters. The summed E-state index contributed by atoms with van der Waals surface area (Å²) in [5.74, 6) is 7.27. The summed E-state index contributed by atoms with van der Waals surface area (Å²) in [4.78, 5) is 24.0. The topological polar surface area (TPSA) is 80.3 Å². The highest BCUT2D eigenvalue weighted by Gasteiger charge is 2.14. The fourth-order valence-corrected chi connectivity index (χ4v) is 3.38. The standard InChI is InChI=1S/C20H15NO4S/c1-2-24-19(22)16(11-21)9-15-7-14-8-17-12-26-6-4-3-5-13(17)10-18(14)25-20(15)23/h7-10H,2,4,6,12H2,1H3. The number of thioether (sulfide) groups is 1. The van der Waals surface area contributed by atoms with Crippen LogP contribution >= 0.6 is 11.8 Å². The van der Waals surface area contributed by atoms with Crippen LogP contribution in [0.25, 0.3) is 17.0 Å². The van der Waals surface area contributed by atoms with Crippen LogP contribution in [0.5, 0.6) is 0 Å². The minimum atomic E-state index is -0.764. The molecule has 0 amide bonds. The molecule has 0 saturated heterocycles. The Hall–Kier alpha value is -2.96. The lowest BCUT2D eigenvalue weighted by atomic mass is 10.0. The number of nitrogens with zero attached hydrogens (tertiary/aromatic N) is 1. The van der Waals surface area contributed by atoms with E-state index in [9.17, 15) is 9.59 Å². The second-order valence-electron chi connectivity index (χ2n) is 5.53. The maximum Gasteiger partial charge on any atom is 0.348 e. The molecule has 1 aromatic heterocycles. The van der Waals surface area contributed by atoms with E-state index < -0.39 is 11.6 Å². The lowest BCUT2D eigenvalue weighted by Gasteiger charge is -2.09. The Morgan fingerprint density at radius 3 is 3.08 bits per heavy atom. The Morgan fingerprint density at radius 2 is 2.31 bits per heavy atom. The van der Waals surface area contributed by atoms with Crippen LogP contribution in [0.2, 0.25) is 0 Å². The van der Waals surface area contributed by atoms with Gasteiger partial charge in [0.05, 0.1) is 12.2 Å². The molecule has 0 aliphatic carbocycles. The summed E-state index contributed by atoms with van der Waals surface area (Å²) in [6.45, 7) is 1.79. The summed E-state index contributed by atoms with van der Waals surface area (Å²) in [6.07, 6.45) is 2.04. The lowest BCUT2D eigenvalue weighted by Crippen LogP contribution is -2.09. The quantitative estimate of drug-likeness (QED) is 0.273. The van der Waals surface area contributed by atoms with Gasteiger partial charge < -0.3 is 9.15 Å². The van der Waals surface area contributed by atoms with E-state index in [-0.39, 0.29) is 17.7 Å². The van der Waals surface area contributed by atoms with Gasteiger partial charge in [-0.3, -0.25) is 0 Å². The Labute approximate surface area is 154 Å². The maximum atomic E-state index is 12.2. The number of carbonyl (C=O) groups is 1. The molecule has 0 fully saturated rings. The van der Waals surface area contributed by atoms with Crippen molar-refractivity contribution in [2.75, 3.05) is 12.4 Å². The molecule has 0 N–H and O–H groups in total. The zero-order chi connectivity index (χ0) is 18.5. The van der Waals surface area contributed by atoms with E-state index in [4.69, 9.17) is 14.4 Å². The molecular formula is C20H15NO4S. The molecule has 130 valence electrons. The third kappa shape index (κ3) is 3.82. The molecule has 0 radical (unpaired) electrons. The minimum Gasteiger partial charge on any atom is -0.462 e. The first-order valence-electron chi connectivity index (χ1n) is 8.08. The number of hydrogen-bond acceptors (Lipinski definition) is 6. The highest BCUT2D eigenvalue weighted by atomic mass is 32.2. The Morgan fingerprint density at radius 1 is 1.46 bits per heavy atom. The molecule has 26 heavy (non-hydrogen) atoms. The first-order valence-corrected chi connectivity index (χ1v) is 9.24. The van der Waals surface area contributed by atoms with Gasteiger partial charge in [0.25, 0.3) is 0 Å². The fourth-order valence-electron chi connectivity index (χ4n) is 2.53. The molecule has 1 aromatic carbocycles. The van der Waals surface area contributed by atoms with Crippen LogP contribution in [0.1, 0.15) is 30.0 Å². The number of ether oxygens (including phenoxy) is 1. The van der Waals surface area contributed by atoms with Crippen LogP contribution in [-0.2, 0) is 15.3 Å². The summed E-state index contributed by atoms with van der Waals surface area (Å²) in [5, 5.41) is 9.86. The second kappa shape index (κ2) is 7.95. The van der Waals surface area contributed by atoms with E-state index in [0.717, 1.165) is 34.4 Å². The normalized spacial score (nSPS) is 13.6. The summed E-state index contributed by atoms with van der Waals surface area (Å²) in [6, 6.07) is 7.09. The van der Waals surface area contributed by atoms with E-state index >= 15 is 0 Å². The maximum absolute atomic E-state index is 12.2. The van der Waals surface area contributed by atoms with E-state index in [1.807, 2.05) is 6.07 Å². The van der Waals surface area contributed by atoms with Gasteiger partial charge in [-0.1, -0.05) is 11.8 Å². The smallest absolute Gasteiger partial charge is 0.348 e. The average molecular weight is 365 g/mol. The predicted octanol–water partition coefficient (Wildman–Crippen LogP) is 3.25. The van der Waals surface area contributed by atoms with Crippen LogP contribution in [-0.4, -0.2) is 18.3 Å². The number of hydrogen-bond donors (Lipinski definition) is 0. The third-order valence-corrected chi connectivity index (χ3v) is 4.76. The molecule has 1 aliphatic heterocycles. The van der Waals surface area contributed by atoms with Crippen molar-refractivity contribution < 1.29 is 13.9 Å². The summed E-state index contributed by atoms with van der Waals surface area (Å²) >= 11 is 1.80. The molecule has 1 aliphatic rings. The molecular weight excluding hydrogens is 350 g/mol. The number of rotatable bonds is 3. The van der Waals surface area contributed by atoms with Gasteiger partial charge in [-0.25, -0.2) is 9.59 Å². The molecule has 0 bridgehead atoms. The van der Waals surface area contributed by atoms with Crippen molar-refractivity contribution in [2.45, 2.75) is 19.1 Å². The third-order valence-electron chi connectivity index (χ3n) is 3.75. The van der Waals surface area contributed by atoms with Crippen molar-refractivity contribution in [1.82, 2.24) is 0 Å². The molecule has 3 rings (SSSR count). The van der Waals surface area contributed by atoms with Crippen LogP contribution in [0, 0.1) is 23.2 Å². The van der Waals surface area contributed by atoms with Gasteiger partial charge in [0, 0.05) is 28.9 Å². The van der Waals surface area contributed by atoms with Crippen molar-refractivity contribution in [3.05, 3.63) is 50.9 Å². The number of esters is 1. The summed E-state index contributed by atoms with van der Waals surface area (Å²) in [7, 11) is 0. The van der Waals surface area contributed by atoms with Gasteiger partial charge in [0.2, 0.25) is 0 Å². The molecule has 2 heterocycles. The fraction of sp³-hybridized carbons (Fsp3) is 0.250. The van der Waals surface area contributed by atoms with E-state index in [1.165, 1.54) is 6.08 Å². The molecule has 2 aromatic rings. The highest BCUT2D eigenvalue weighted by Crippen LogP contribution is 2.25. The van der Waals surface area contributed by atoms with Crippen LogP contribution in [0.4, 0.5) is 0 Å². The zero-order valence-corrected chi connectivity index (χ0v) is 14.9. The Kier molecular flexibility index (Phi) is 5.46. The van der Waals surface area contributed by atoms with E-state index in [0.29, 0.717) is 5.58 Å². The van der Waals surface area contributed by atoms with Gasteiger partial charge >= 0.3 is 11.6 Å². The van der Waals surface area contributed by atoms with Crippen LogP contribution in [0.15, 0.2) is 33.0 Å². The first-order chi connectivity index (χ1) is 12.6. The van der Waals surface area contributed by atoms with Crippen LogP contribution < -0.4 is 5.63 Å². The van der Waals surface area contributed by atoms with E-state index in [1.54, 1.807) is 36.9 Å². The number of benzene rings is 1. The Bertz CT molecular complexity index is 1060. The van der Waals surface area contributed by atoms with Crippen molar-refractivity contribution in [1.29, 1.82) is 5.26 Å². The molecule has 0 atom stereocenters. The molecule has 0 spiro atoms. The Balaban J connectivity index is 2.11. The molecule has 0 saturated carbocycles. The van der Waals surface area contributed by atoms with Gasteiger partial charge in [0.1, 0.15) is 17.2 Å². The average Bonchev–Trinajstić information content (AvgIpc) is 2.60.